The summed E-state index contributed by atoms with van der Waals surface area (Å²) in [5.41, 5.74) is 6.22. The molecule has 41 heavy (non-hydrogen) atoms. The molecule has 0 amide bonds. The van der Waals surface area contributed by atoms with E-state index in [1.165, 1.54) is 17.5 Å². The van der Waals surface area contributed by atoms with E-state index >= 15 is 0 Å². The highest BCUT2D eigenvalue weighted by Gasteiger charge is 2.36. The molecule has 1 aliphatic carbocycles. The molecule has 3 heteroatoms. The van der Waals surface area contributed by atoms with Gasteiger partial charge in [0.25, 0.3) is 0 Å². The number of benzene rings is 2. The molecule has 0 aliphatic heterocycles. The molecule has 3 nitrogen and oxygen atoms in total. The Labute approximate surface area is 252 Å². The molecule has 0 aromatic heterocycles. The first-order valence-electron chi connectivity index (χ1n) is 16.0. The van der Waals surface area contributed by atoms with Crippen molar-refractivity contribution in [1.29, 1.82) is 0 Å². The van der Waals surface area contributed by atoms with Crippen LogP contribution in [0.2, 0.25) is 0 Å². The van der Waals surface area contributed by atoms with Gasteiger partial charge in [-0.25, -0.2) is 0 Å². The second kappa shape index (κ2) is 11.9. The van der Waals surface area contributed by atoms with Crippen molar-refractivity contribution >= 4 is 0 Å². The maximum Gasteiger partial charge on any atom is 0.123 e. The van der Waals surface area contributed by atoms with Crippen molar-refractivity contribution in [3.05, 3.63) is 57.6 Å². The summed E-state index contributed by atoms with van der Waals surface area (Å²) in [6.07, 6.45) is 5.63. The number of aromatic hydroxyl groups is 2. The van der Waals surface area contributed by atoms with Crippen molar-refractivity contribution in [3.63, 3.8) is 0 Å². The SMILES string of the molecule is CCOC1C(Cc2cc(C(C)(C)C)c(O)c(C(C)(C)C)c2)CCCC1Cc1cc(C(C)(C)C)c(O)c(C(C)(C)C)c1. The first kappa shape index (κ1) is 33.5. The lowest BCUT2D eigenvalue weighted by atomic mass is 9.71. The summed E-state index contributed by atoms with van der Waals surface area (Å²) in [6.45, 7) is 29.1. The molecule has 0 saturated heterocycles. The smallest absolute Gasteiger partial charge is 0.123 e. The summed E-state index contributed by atoms with van der Waals surface area (Å²) in [7, 11) is 0. The molecule has 2 unspecified atom stereocenters. The van der Waals surface area contributed by atoms with Crippen LogP contribution in [-0.2, 0) is 39.2 Å². The molecule has 0 heterocycles. The number of hydrogen-bond acceptors (Lipinski definition) is 3. The Morgan fingerprint density at radius 3 is 1.12 bits per heavy atom. The Morgan fingerprint density at radius 1 is 0.585 bits per heavy atom. The van der Waals surface area contributed by atoms with Crippen LogP contribution in [0.15, 0.2) is 24.3 Å². The van der Waals surface area contributed by atoms with Crippen LogP contribution < -0.4 is 0 Å². The van der Waals surface area contributed by atoms with Crippen LogP contribution in [0.4, 0.5) is 0 Å². The van der Waals surface area contributed by atoms with E-state index in [4.69, 9.17) is 4.74 Å². The lowest BCUT2D eigenvalue weighted by molar-refractivity contribution is -0.0429. The van der Waals surface area contributed by atoms with Crippen LogP contribution in [0.25, 0.3) is 0 Å². The van der Waals surface area contributed by atoms with Gasteiger partial charge >= 0.3 is 0 Å². The summed E-state index contributed by atoms with van der Waals surface area (Å²) < 4.78 is 6.59. The van der Waals surface area contributed by atoms with Crippen molar-refractivity contribution in [2.75, 3.05) is 6.61 Å². The van der Waals surface area contributed by atoms with Crippen molar-refractivity contribution < 1.29 is 14.9 Å². The van der Waals surface area contributed by atoms with E-state index in [9.17, 15) is 10.2 Å². The Morgan fingerprint density at radius 2 is 0.878 bits per heavy atom. The third-order valence-electron chi connectivity index (χ3n) is 9.01. The van der Waals surface area contributed by atoms with E-state index in [1.54, 1.807) is 0 Å². The second-order valence-corrected chi connectivity index (χ2v) is 16.9. The maximum absolute atomic E-state index is 11.3. The number of ether oxygens (including phenoxy) is 1. The molecular weight excluding hydrogens is 504 g/mol. The number of rotatable bonds is 6. The highest BCUT2D eigenvalue weighted by atomic mass is 16.5. The molecule has 2 aromatic carbocycles. The molecule has 1 fully saturated rings. The van der Waals surface area contributed by atoms with Gasteiger partial charge in [0.05, 0.1) is 6.10 Å². The summed E-state index contributed by atoms with van der Waals surface area (Å²) in [6, 6.07) is 9.01. The average molecular weight is 565 g/mol. The van der Waals surface area contributed by atoms with Crippen molar-refractivity contribution in [2.45, 2.75) is 150 Å². The minimum atomic E-state index is -0.136. The molecule has 0 spiro atoms. The predicted molar refractivity (Wildman–Crippen MR) is 175 cm³/mol. The molecule has 230 valence electrons. The van der Waals surface area contributed by atoms with Crippen LogP contribution in [0.1, 0.15) is 143 Å². The zero-order valence-corrected chi connectivity index (χ0v) is 28.6. The molecule has 1 saturated carbocycles. The first-order valence-corrected chi connectivity index (χ1v) is 16.0. The minimum absolute atomic E-state index is 0.136. The van der Waals surface area contributed by atoms with E-state index in [0.717, 1.165) is 47.9 Å². The Hall–Kier alpha value is -2.00. The van der Waals surface area contributed by atoms with Crippen molar-refractivity contribution in [1.82, 2.24) is 0 Å². The monoisotopic (exact) mass is 564 g/mol. The normalized spacial score (nSPS) is 20.9. The first-order chi connectivity index (χ1) is 18.6. The Bertz CT molecular complexity index is 1030. The maximum atomic E-state index is 11.3. The molecule has 1 aliphatic rings. The van der Waals surface area contributed by atoms with Gasteiger partial charge in [-0.05, 0) is 99.5 Å². The van der Waals surface area contributed by atoms with Gasteiger partial charge in [0.2, 0.25) is 0 Å². The van der Waals surface area contributed by atoms with Crippen LogP contribution >= 0.6 is 0 Å². The number of phenolic OH excluding ortho intramolecular Hbond substituents is 2. The minimum Gasteiger partial charge on any atom is -0.507 e. The highest BCUT2D eigenvalue weighted by Crippen LogP contribution is 2.44. The van der Waals surface area contributed by atoms with E-state index < -0.39 is 0 Å². The van der Waals surface area contributed by atoms with E-state index in [0.29, 0.717) is 29.9 Å². The van der Waals surface area contributed by atoms with E-state index in [1.807, 2.05) is 0 Å². The van der Waals surface area contributed by atoms with Gasteiger partial charge in [0.15, 0.2) is 0 Å². The fourth-order valence-corrected chi connectivity index (χ4v) is 6.77. The van der Waals surface area contributed by atoms with Gasteiger partial charge in [-0.2, -0.15) is 0 Å². The van der Waals surface area contributed by atoms with E-state index in [-0.39, 0.29) is 27.8 Å². The van der Waals surface area contributed by atoms with Gasteiger partial charge in [0.1, 0.15) is 11.5 Å². The topological polar surface area (TPSA) is 49.7 Å². The van der Waals surface area contributed by atoms with E-state index in [2.05, 4.69) is 114 Å². The molecule has 0 radical (unpaired) electrons. The summed E-state index contributed by atoms with van der Waals surface area (Å²) in [4.78, 5) is 0. The molecule has 0 bridgehead atoms. The predicted octanol–water partition coefficient (Wildman–Crippen LogP) is 9.89. The third-order valence-corrected chi connectivity index (χ3v) is 9.01. The van der Waals surface area contributed by atoms with Crippen LogP contribution in [0.5, 0.6) is 11.5 Å². The highest BCUT2D eigenvalue weighted by molar-refractivity contribution is 5.51. The van der Waals surface area contributed by atoms with Crippen LogP contribution in [0.3, 0.4) is 0 Å². The molecular formula is C38H60O3. The van der Waals surface area contributed by atoms with Gasteiger partial charge in [-0.15, -0.1) is 0 Å². The molecule has 2 atom stereocenters. The Kier molecular flexibility index (Phi) is 9.76. The zero-order chi connectivity index (χ0) is 31.1. The number of hydrogen-bond donors (Lipinski definition) is 2. The summed E-state index contributed by atoms with van der Waals surface area (Å²) >= 11 is 0. The van der Waals surface area contributed by atoms with Crippen LogP contribution in [0, 0.1) is 11.8 Å². The number of phenols is 2. The molecule has 3 rings (SSSR count). The average Bonchev–Trinajstić information content (AvgIpc) is 2.80. The van der Waals surface area contributed by atoms with Crippen LogP contribution in [-0.4, -0.2) is 22.9 Å². The van der Waals surface area contributed by atoms with Gasteiger partial charge in [-0.1, -0.05) is 114 Å². The summed E-state index contributed by atoms with van der Waals surface area (Å²) in [5, 5.41) is 22.5. The zero-order valence-electron chi connectivity index (χ0n) is 28.6. The second-order valence-electron chi connectivity index (χ2n) is 16.9. The van der Waals surface area contributed by atoms with Crippen molar-refractivity contribution in [2.24, 2.45) is 11.8 Å². The standard InChI is InChI=1S/C38H60O3/c1-14-41-34-26(18-24-20-28(35(2,3)4)32(39)29(21-24)36(5,6)7)16-15-17-27(34)19-25-22-30(37(8,9)10)33(40)31(23-25)38(11,12)13/h20-23,26-27,34,39-40H,14-19H2,1-13H3. The lowest BCUT2D eigenvalue weighted by Gasteiger charge is -2.39. The molecule has 2 N–H and O–H groups in total. The van der Waals surface area contributed by atoms with Gasteiger partial charge < -0.3 is 14.9 Å². The largest absolute Gasteiger partial charge is 0.507 e. The lowest BCUT2D eigenvalue weighted by Crippen LogP contribution is -2.38. The van der Waals surface area contributed by atoms with Crippen molar-refractivity contribution in [3.8, 4) is 11.5 Å². The third kappa shape index (κ3) is 7.89. The van der Waals surface area contributed by atoms with Gasteiger partial charge in [0, 0.05) is 6.61 Å². The van der Waals surface area contributed by atoms with Gasteiger partial charge in [-0.3, -0.25) is 0 Å². The fraction of sp³-hybridized carbons (Fsp3) is 0.684. The quantitative estimate of drug-likeness (QED) is 0.367. The molecule has 2 aromatic rings. The summed E-state index contributed by atoms with van der Waals surface area (Å²) in [5.74, 6) is 1.77. The Balaban J connectivity index is 2.01. The fourth-order valence-electron chi connectivity index (χ4n) is 6.77.